The van der Waals surface area contributed by atoms with Crippen molar-refractivity contribution in [2.45, 2.75) is 23.4 Å². The van der Waals surface area contributed by atoms with E-state index in [1.165, 1.54) is 4.57 Å². The van der Waals surface area contributed by atoms with Crippen molar-refractivity contribution in [3.8, 4) is 0 Å². The highest BCUT2D eigenvalue weighted by atomic mass is 32.2. The molecule has 8 nitrogen and oxygen atoms in total. The van der Waals surface area contributed by atoms with Crippen LogP contribution in [-0.4, -0.2) is 44.4 Å². The van der Waals surface area contributed by atoms with Gasteiger partial charge in [0.05, 0.1) is 24.1 Å². The summed E-state index contributed by atoms with van der Waals surface area (Å²) in [6.45, 7) is 2.41. The minimum atomic E-state index is -1.07. The summed E-state index contributed by atoms with van der Waals surface area (Å²) in [7, 11) is 1.63. The minimum absolute atomic E-state index is 0.0236. The van der Waals surface area contributed by atoms with Crippen LogP contribution < -0.4 is 4.90 Å². The van der Waals surface area contributed by atoms with Crippen LogP contribution in [0.4, 0.5) is 11.5 Å². The minimum Gasteiger partial charge on any atom is -0.475 e. The molecule has 3 aromatic rings. The first-order valence-electron chi connectivity index (χ1n) is 8.15. The number of imidazole rings is 1. The maximum atomic E-state index is 11.4. The molecule has 3 heterocycles. The van der Waals surface area contributed by atoms with Gasteiger partial charge in [0.25, 0.3) is 0 Å². The summed E-state index contributed by atoms with van der Waals surface area (Å²) in [6, 6.07) is 5.97. The molecule has 0 bridgehead atoms. The van der Waals surface area contributed by atoms with E-state index in [1.807, 2.05) is 23.1 Å². The Morgan fingerprint density at radius 2 is 2.15 bits per heavy atom. The monoisotopic (exact) mass is 382 g/mol. The molecule has 2 aromatic heterocycles. The Kier molecular flexibility index (Phi) is 4.54. The number of aromatic carboxylic acids is 1. The molecule has 137 valence electrons. The highest BCUT2D eigenvalue weighted by Crippen LogP contribution is 2.46. The second kappa shape index (κ2) is 7.01. The number of fused-ring (bicyclic) bond motifs is 2. The summed E-state index contributed by atoms with van der Waals surface area (Å²) in [6.07, 6.45) is 6.28. The van der Waals surface area contributed by atoms with Gasteiger partial charge >= 0.3 is 5.97 Å². The number of carboxylic acid groups (broad SMARTS) is 1. The lowest BCUT2D eigenvalue weighted by Gasteiger charge is -2.30. The van der Waals surface area contributed by atoms with Crippen molar-refractivity contribution in [1.29, 1.82) is 0 Å². The first kappa shape index (κ1) is 17.5. The van der Waals surface area contributed by atoms with E-state index in [1.54, 1.807) is 38.2 Å². The Bertz CT molecular complexity index is 1020. The fraction of sp³-hybridized carbons (Fsp3) is 0.222. The number of ether oxygens (including phenoxy) is 1. The molecule has 1 aliphatic rings. The maximum absolute atomic E-state index is 11.4. The van der Waals surface area contributed by atoms with Crippen LogP contribution in [0.1, 0.15) is 21.9 Å². The van der Waals surface area contributed by atoms with Crippen LogP contribution >= 0.6 is 11.8 Å². The predicted octanol–water partition coefficient (Wildman–Crippen LogP) is 2.73. The Morgan fingerprint density at radius 1 is 1.33 bits per heavy atom. The van der Waals surface area contributed by atoms with Crippen LogP contribution in [0.25, 0.3) is 0 Å². The number of carbonyl (C=O) groups is 1. The topological polar surface area (TPSA) is 93.4 Å². The van der Waals surface area contributed by atoms with E-state index < -0.39 is 5.97 Å². The molecule has 1 radical (unpaired) electrons. The number of aromatic nitrogens is 4. The van der Waals surface area contributed by atoms with Gasteiger partial charge < -0.3 is 14.4 Å². The van der Waals surface area contributed by atoms with Crippen molar-refractivity contribution in [3.05, 3.63) is 53.9 Å². The Labute approximate surface area is 159 Å². The molecule has 1 aromatic carbocycles. The van der Waals surface area contributed by atoms with Crippen LogP contribution in [0.15, 0.2) is 40.5 Å². The summed E-state index contributed by atoms with van der Waals surface area (Å²) in [5, 5.41) is 10.1. The van der Waals surface area contributed by atoms with Crippen molar-refractivity contribution in [2.75, 3.05) is 18.7 Å². The number of rotatable bonds is 5. The van der Waals surface area contributed by atoms with E-state index in [-0.39, 0.29) is 5.82 Å². The molecule has 0 unspecified atom stereocenters. The smallest absolute Gasteiger partial charge is 0.372 e. The van der Waals surface area contributed by atoms with E-state index in [0.29, 0.717) is 19.0 Å². The van der Waals surface area contributed by atoms with Crippen LogP contribution in [-0.2, 0) is 11.3 Å². The summed E-state index contributed by atoms with van der Waals surface area (Å²) < 4.78 is 6.87. The van der Waals surface area contributed by atoms with Gasteiger partial charge in [-0.15, -0.1) is 0 Å². The van der Waals surface area contributed by atoms with Crippen LogP contribution in [0.3, 0.4) is 0 Å². The molecule has 1 N–H and O–H groups in total. The van der Waals surface area contributed by atoms with Gasteiger partial charge in [-0.25, -0.2) is 19.7 Å². The number of hydrogen-bond donors (Lipinski definition) is 1. The van der Waals surface area contributed by atoms with E-state index in [9.17, 15) is 9.90 Å². The highest BCUT2D eigenvalue weighted by molar-refractivity contribution is 7.99. The lowest BCUT2D eigenvalue weighted by Crippen LogP contribution is -2.24. The third-order valence-electron chi connectivity index (χ3n) is 4.04. The number of benzene rings is 1. The molecular formula is C18H16N5O3S. The number of nitrogens with zero attached hydrogens (tertiary/aromatic N) is 5. The lowest BCUT2D eigenvalue weighted by molar-refractivity contribution is 0.0678. The predicted molar refractivity (Wildman–Crippen MR) is 98.5 cm³/mol. The quantitative estimate of drug-likeness (QED) is 0.720. The Morgan fingerprint density at radius 3 is 2.93 bits per heavy atom. The molecule has 1 aliphatic heterocycles. The molecule has 0 saturated heterocycles. The second-order valence-corrected chi connectivity index (χ2v) is 6.99. The molecule has 27 heavy (non-hydrogen) atoms. The molecule has 0 atom stereocenters. The molecule has 9 heteroatoms. The molecule has 4 rings (SSSR count). The largest absolute Gasteiger partial charge is 0.475 e. The molecule has 0 amide bonds. The van der Waals surface area contributed by atoms with Gasteiger partial charge in [0.2, 0.25) is 5.82 Å². The number of carboxylic acids is 1. The first-order chi connectivity index (χ1) is 13.1. The van der Waals surface area contributed by atoms with Gasteiger partial charge in [-0.3, -0.25) is 4.90 Å². The van der Waals surface area contributed by atoms with Crippen LogP contribution in [0.2, 0.25) is 0 Å². The summed E-state index contributed by atoms with van der Waals surface area (Å²) in [5.74, 6) is -0.354. The summed E-state index contributed by atoms with van der Waals surface area (Å²) in [4.78, 5) is 27.2. The summed E-state index contributed by atoms with van der Waals surface area (Å²) >= 11 is 1.55. The Hall–Kier alpha value is -2.91. The second-order valence-electron chi connectivity index (χ2n) is 5.96. The van der Waals surface area contributed by atoms with Crippen molar-refractivity contribution in [3.63, 3.8) is 0 Å². The van der Waals surface area contributed by atoms with Gasteiger partial charge in [-0.1, -0.05) is 17.8 Å². The average molecular weight is 382 g/mol. The third kappa shape index (κ3) is 3.26. The van der Waals surface area contributed by atoms with Gasteiger partial charge in [0, 0.05) is 24.4 Å². The van der Waals surface area contributed by atoms with E-state index in [0.717, 1.165) is 27.0 Å². The first-order valence-corrected chi connectivity index (χ1v) is 8.96. The third-order valence-corrected chi connectivity index (χ3v) is 5.09. The van der Waals surface area contributed by atoms with Crippen molar-refractivity contribution < 1.29 is 14.6 Å². The summed E-state index contributed by atoms with van der Waals surface area (Å²) in [5.41, 5.74) is 2.42. The SMILES string of the molecule is COCN1c2cc(Cn3[c]c(C)nc3C(=O)O)ccc2Sc2nccnc21. The standard InChI is InChI=1S/C18H16N5O3S/c1-11-8-22(16(21-11)18(24)25)9-12-3-4-14-13(7-12)23(10-26-2)15-17(27-14)20-6-5-19-15/h3-7H,9-10H2,1-2H3,(H,24,25). The van der Waals surface area contributed by atoms with E-state index >= 15 is 0 Å². The fourth-order valence-corrected chi connectivity index (χ4v) is 3.95. The average Bonchev–Trinajstić information content (AvgIpc) is 3.02. The Balaban J connectivity index is 1.72. The maximum Gasteiger partial charge on any atom is 0.372 e. The number of methoxy groups -OCH3 is 1. The van der Waals surface area contributed by atoms with E-state index in [2.05, 4.69) is 21.1 Å². The molecule has 0 fully saturated rings. The molecule has 0 spiro atoms. The zero-order valence-corrected chi connectivity index (χ0v) is 15.5. The van der Waals surface area contributed by atoms with Crippen molar-refractivity contribution in [2.24, 2.45) is 0 Å². The number of anilines is 2. The van der Waals surface area contributed by atoms with Gasteiger partial charge in [0.15, 0.2) is 5.82 Å². The highest BCUT2D eigenvalue weighted by Gasteiger charge is 2.26. The van der Waals surface area contributed by atoms with Gasteiger partial charge in [-0.2, -0.15) is 0 Å². The molecule has 0 saturated carbocycles. The van der Waals surface area contributed by atoms with Crippen LogP contribution in [0.5, 0.6) is 0 Å². The zero-order chi connectivity index (χ0) is 19.0. The van der Waals surface area contributed by atoms with Gasteiger partial charge in [0.1, 0.15) is 11.8 Å². The normalized spacial score (nSPS) is 12.6. The lowest BCUT2D eigenvalue weighted by atomic mass is 10.1. The zero-order valence-electron chi connectivity index (χ0n) is 14.7. The van der Waals surface area contributed by atoms with Crippen molar-refractivity contribution in [1.82, 2.24) is 19.5 Å². The number of aryl methyl sites for hydroxylation is 1. The van der Waals surface area contributed by atoms with Gasteiger partial charge in [-0.05, 0) is 24.6 Å². The van der Waals surface area contributed by atoms with Crippen molar-refractivity contribution >= 4 is 29.2 Å². The van der Waals surface area contributed by atoms with E-state index in [4.69, 9.17) is 4.74 Å². The van der Waals surface area contributed by atoms with Crippen LogP contribution in [0, 0.1) is 13.1 Å². The fourth-order valence-electron chi connectivity index (χ4n) is 2.96. The molecular weight excluding hydrogens is 366 g/mol. The molecule has 0 aliphatic carbocycles. The number of hydrogen-bond acceptors (Lipinski definition) is 7.